The van der Waals surface area contributed by atoms with Gasteiger partial charge in [0.25, 0.3) is 5.56 Å². The second-order valence-electron chi connectivity index (χ2n) is 7.00. The first-order valence-corrected chi connectivity index (χ1v) is 9.01. The van der Waals surface area contributed by atoms with Gasteiger partial charge in [0.05, 0.1) is 10.9 Å². The lowest BCUT2D eigenvalue weighted by Crippen LogP contribution is -2.40. The van der Waals surface area contributed by atoms with Crippen molar-refractivity contribution in [1.29, 1.82) is 0 Å². The molecule has 1 aromatic carbocycles. The fraction of sp³-hybridized carbons (Fsp3) is 0.526. The van der Waals surface area contributed by atoms with E-state index in [1.165, 1.54) is 12.8 Å². The number of carbonyl (C=O) groups excluding carboxylic acids is 1. The van der Waals surface area contributed by atoms with Crippen LogP contribution in [0.5, 0.6) is 0 Å². The Labute approximate surface area is 141 Å². The summed E-state index contributed by atoms with van der Waals surface area (Å²) in [6.45, 7) is 0. The molecule has 2 aliphatic rings. The number of amides is 1. The lowest BCUT2D eigenvalue weighted by Gasteiger charge is -2.29. The second kappa shape index (κ2) is 6.38. The number of hydrogen-bond acceptors (Lipinski definition) is 3. The van der Waals surface area contributed by atoms with Gasteiger partial charge in [-0.3, -0.25) is 9.59 Å². The van der Waals surface area contributed by atoms with E-state index in [0.717, 1.165) is 25.7 Å². The van der Waals surface area contributed by atoms with Gasteiger partial charge in [-0.2, -0.15) is 0 Å². The third-order valence-electron chi connectivity index (χ3n) is 5.18. The first-order chi connectivity index (χ1) is 11.7. The first-order valence-electron chi connectivity index (χ1n) is 9.01. The highest BCUT2D eigenvalue weighted by molar-refractivity contribution is 5.78. The molecule has 1 amide bonds. The van der Waals surface area contributed by atoms with Crippen LogP contribution in [0.3, 0.4) is 0 Å². The molecule has 0 bridgehead atoms. The number of H-pyrrole nitrogens is 1. The fourth-order valence-corrected chi connectivity index (χ4v) is 3.85. The number of nitrogens with one attached hydrogen (secondary N) is 1. The number of hydrogen-bond donors (Lipinski definition) is 1. The average molecular weight is 325 g/mol. The summed E-state index contributed by atoms with van der Waals surface area (Å²) in [6, 6.07) is 8.21. The number of aromatic amines is 1. The van der Waals surface area contributed by atoms with E-state index in [2.05, 4.69) is 14.9 Å². The van der Waals surface area contributed by atoms with E-state index in [4.69, 9.17) is 0 Å². The molecular weight excluding hydrogens is 302 g/mol. The highest BCUT2D eigenvalue weighted by Gasteiger charge is 2.37. The molecule has 0 aliphatic heterocycles. The first kappa shape index (κ1) is 15.4. The molecule has 2 aromatic rings. The molecule has 2 fully saturated rings. The van der Waals surface area contributed by atoms with Gasteiger partial charge in [0, 0.05) is 24.9 Å². The maximum absolute atomic E-state index is 12.7. The molecule has 2 saturated carbocycles. The molecule has 0 unspecified atom stereocenters. The van der Waals surface area contributed by atoms with Gasteiger partial charge in [-0.25, -0.2) is 4.98 Å². The molecular formula is C19H23N3O2. The molecule has 0 atom stereocenters. The summed E-state index contributed by atoms with van der Waals surface area (Å²) in [4.78, 5) is 34.3. The van der Waals surface area contributed by atoms with E-state index in [1.54, 1.807) is 6.07 Å². The Hall–Kier alpha value is -2.17. The average Bonchev–Trinajstić information content (AvgIpc) is 3.27. The Morgan fingerprint density at radius 1 is 1.12 bits per heavy atom. The molecule has 24 heavy (non-hydrogen) atoms. The predicted molar refractivity (Wildman–Crippen MR) is 92.8 cm³/mol. The molecule has 1 heterocycles. The molecule has 126 valence electrons. The Kier molecular flexibility index (Phi) is 4.08. The monoisotopic (exact) mass is 325 g/mol. The zero-order chi connectivity index (χ0) is 16.5. The summed E-state index contributed by atoms with van der Waals surface area (Å²) >= 11 is 0. The Morgan fingerprint density at radius 2 is 1.83 bits per heavy atom. The Morgan fingerprint density at radius 3 is 2.58 bits per heavy atom. The molecule has 2 aliphatic carbocycles. The van der Waals surface area contributed by atoms with Crippen molar-refractivity contribution in [3.63, 3.8) is 0 Å². The van der Waals surface area contributed by atoms with Gasteiger partial charge >= 0.3 is 0 Å². The van der Waals surface area contributed by atoms with Crippen molar-refractivity contribution >= 4 is 16.8 Å². The zero-order valence-corrected chi connectivity index (χ0v) is 13.8. The van der Waals surface area contributed by atoms with Crippen molar-refractivity contribution in [2.24, 2.45) is 0 Å². The van der Waals surface area contributed by atoms with Crippen LogP contribution in [0.15, 0.2) is 29.1 Å². The lowest BCUT2D eigenvalue weighted by atomic mass is 10.1. The van der Waals surface area contributed by atoms with Gasteiger partial charge in [0.1, 0.15) is 5.82 Å². The van der Waals surface area contributed by atoms with Crippen LogP contribution in [0.2, 0.25) is 0 Å². The smallest absolute Gasteiger partial charge is 0.258 e. The maximum Gasteiger partial charge on any atom is 0.258 e. The molecule has 5 nitrogen and oxygen atoms in total. The largest absolute Gasteiger partial charge is 0.337 e. The van der Waals surface area contributed by atoms with E-state index < -0.39 is 0 Å². The third-order valence-corrected chi connectivity index (χ3v) is 5.18. The van der Waals surface area contributed by atoms with Crippen molar-refractivity contribution < 1.29 is 4.79 Å². The predicted octanol–water partition coefficient (Wildman–Crippen LogP) is 2.79. The van der Waals surface area contributed by atoms with Crippen molar-refractivity contribution in [2.75, 3.05) is 0 Å². The molecule has 0 radical (unpaired) electrons. The molecule has 0 saturated heterocycles. The minimum absolute atomic E-state index is 0.127. The zero-order valence-electron chi connectivity index (χ0n) is 13.8. The standard InChI is InChI=1S/C19H23N3O2/c23-18(22(14-9-10-14)13-5-1-2-6-13)12-11-17-20-16-8-4-3-7-15(16)19(24)21-17/h3-4,7-8,13-14H,1-2,5-6,9-12H2,(H,20,21,24). The van der Waals surface area contributed by atoms with Crippen LogP contribution in [-0.4, -0.2) is 32.9 Å². The van der Waals surface area contributed by atoms with Crippen LogP contribution in [0.4, 0.5) is 0 Å². The fourth-order valence-electron chi connectivity index (χ4n) is 3.85. The van der Waals surface area contributed by atoms with Crippen molar-refractivity contribution in [1.82, 2.24) is 14.9 Å². The molecule has 0 spiro atoms. The summed E-state index contributed by atoms with van der Waals surface area (Å²) < 4.78 is 0. The number of benzene rings is 1. The van der Waals surface area contributed by atoms with Gasteiger partial charge in [-0.1, -0.05) is 25.0 Å². The minimum atomic E-state index is -0.127. The van der Waals surface area contributed by atoms with Gasteiger partial charge in [0.2, 0.25) is 5.91 Å². The summed E-state index contributed by atoms with van der Waals surface area (Å²) in [7, 11) is 0. The SMILES string of the molecule is O=C(CCc1nc2ccccc2c(=O)[nH]1)N(C1CCCC1)C1CC1. The number of para-hydroxylation sites is 1. The molecule has 1 aromatic heterocycles. The number of nitrogens with zero attached hydrogens (tertiary/aromatic N) is 2. The number of rotatable bonds is 5. The van der Waals surface area contributed by atoms with Crippen molar-refractivity contribution in [2.45, 2.75) is 63.5 Å². The molecule has 4 rings (SSSR count). The van der Waals surface area contributed by atoms with Crippen LogP contribution in [0.25, 0.3) is 10.9 Å². The van der Waals surface area contributed by atoms with Gasteiger partial charge in [0.15, 0.2) is 0 Å². The summed E-state index contributed by atoms with van der Waals surface area (Å²) in [5.41, 5.74) is 0.566. The van der Waals surface area contributed by atoms with Gasteiger partial charge in [-0.05, 0) is 37.8 Å². The van der Waals surface area contributed by atoms with Gasteiger partial charge < -0.3 is 9.88 Å². The van der Waals surface area contributed by atoms with Crippen molar-refractivity contribution in [3.05, 3.63) is 40.4 Å². The van der Waals surface area contributed by atoms with Crippen LogP contribution in [-0.2, 0) is 11.2 Å². The number of aryl methyl sites for hydroxylation is 1. The van der Waals surface area contributed by atoms with Crippen LogP contribution in [0, 0.1) is 0 Å². The number of carbonyl (C=O) groups is 1. The van der Waals surface area contributed by atoms with E-state index in [1.807, 2.05) is 18.2 Å². The van der Waals surface area contributed by atoms with E-state index in [0.29, 0.717) is 41.7 Å². The molecule has 5 heteroatoms. The normalized spacial score (nSPS) is 18.2. The van der Waals surface area contributed by atoms with E-state index in [9.17, 15) is 9.59 Å². The van der Waals surface area contributed by atoms with E-state index in [-0.39, 0.29) is 11.5 Å². The minimum Gasteiger partial charge on any atom is -0.337 e. The highest BCUT2D eigenvalue weighted by atomic mass is 16.2. The highest BCUT2D eigenvalue weighted by Crippen LogP contribution is 2.34. The lowest BCUT2D eigenvalue weighted by molar-refractivity contribution is -0.134. The van der Waals surface area contributed by atoms with Crippen molar-refractivity contribution in [3.8, 4) is 0 Å². The van der Waals surface area contributed by atoms with E-state index >= 15 is 0 Å². The summed E-state index contributed by atoms with van der Waals surface area (Å²) in [5, 5.41) is 0.595. The summed E-state index contributed by atoms with van der Waals surface area (Å²) in [5.74, 6) is 0.828. The summed E-state index contributed by atoms with van der Waals surface area (Å²) in [6.07, 6.45) is 7.98. The third kappa shape index (κ3) is 3.07. The topological polar surface area (TPSA) is 66.1 Å². The Bertz CT molecular complexity index is 804. The number of aromatic nitrogens is 2. The van der Waals surface area contributed by atoms with Gasteiger partial charge in [-0.15, -0.1) is 0 Å². The second-order valence-corrected chi connectivity index (χ2v) is 7.00. The number of fused-ring (bicyclic) bond motifs is 1. The van der Waals surface area contributed by atoms with Crippen LogP contribution >= 0.6 is 0 Å². The molecule has 1 N–H and O–H groups in total. The maximum atomic E-state index is 12.7. The quantitative estimate of drug-likeness (QED) is 0.919. The Balaban J connectivity index is 1.47. The van der Waals surface area contributed by atoms with Crippen LogP contribution in [0.1, 0.15) is 50.8 Å². The van der Waals surface area contributed by atoms with Crippen LogP contribution < -0.4 is 5.56 Å².